The number of hydrogen-bond donors (Lipinski definition) is 1. The first-order valence-electron chi connectivity index (χ1n) is 5.58. The average molecular weight is 282 g/mol. The smallest absolute Gasteiger partial charge is 0.277 e. The van der Waals surface area contributed by atoms with Gasteiger partial charge in [0.1, 0.15) is 12.0 Å². The van der Waals surface area contributed by atoms with Crippen molar-refractivity contribution in [3.63, 3.8) is 0 Å². The van der Waals surface area contributed by atoms with E-state index >= 15 is 0 Å². The molecule has 0 aliphatic heterocycles. The first-order valence-corrected chi connectivity index (χ1v) is 5.96. The molecule has 2 heterocycles. The van der Waals surface area contributed by atoms with Crippen LogP contribution >= 0.6 is 11.6 Å². The predicted octanol–water partition coefficient (Wildman–Crippen LogP) is 2.76. The molecule has 2 aromatic heterocycles. The number of ether oxygens (including phenoxy) is 1. The lowest BCUT2D eigenvalue weighted by atomic mass is 10.3. The second kappa shape index (κ2) is 5.71. The van der Waals surface area contributed by atoms with E-state index in [0.29, 0.717) is 16.6 Å². The number of nitrogens with zero attached hydrogens (tertiary/aromatic N) is 2. The largest absolute Gasteiger partial charge is 0.473 e. The minimum atomic E-state index is -0.425. The van der Waals surface area contributed by atoms with Crippen molar-refractivity contribution in [1.29, 1.82) is 0 Å². The van der Waals surface area contributed by atoms with Gasteiger partial charge in [-0.1, -0.05) is 11.6 Å². The zero-order valence-electron chi connectivity index (χ0n) is 10.4. The summed E-state index contributed by atoms with van der Waals surface area (Å²) in [4.78, 5) is 19.7. The Morgan fingerprint density at radius 1 is 1.47 bits per heavy atom. The molecule has 6 nitrogen and oxygen atoms in total. The maximum absolute atomic E-state index is 11.9. The van der Waals surface area contributed by atoms with Gasteiger partial charge in [-0.15, -0.1) is 0 Å². The van der Waals surface area contributed by atoms with Gasteiger partial charge in [-0.25, -0.2) is 9.97 Å². The van der Waals surface area contributed by atoms with Gasteiger partial charge in [0, 0.05) is 6.20 Å². The van der Waals surface area contributed by atoms with E-state index in [-0.39, 0.29) is 11.8 Å². The first kappa shape index (κ1) is 13.4. The maximum atomic E-state index is 11.9. The van der Waals surface area contributed by atoms with E-state index in [2.05, 4.69) is 15.3 Å². The lowest BCUT2D eigenvalue weighted by molar-refractivity contribution is 0.102. The third-order valence-corrected chi connectivity index (χ3v) is 2.28. The van der Waals surface area contributed by atoms with Crippen LogP contribution in [-0.2, 0) is 0 Å². The molecule has 0 unspecified atom stereocenters. The van der Waals surface area contributed by atoms with Gasteiger partial charge in [-0.3, -0.25) is 4.79 Å². The quantitative estimate of drug-likeness (QED) is 0.932. The van der Waals surface area contributed by atoms with Crippen LogP contribution in [0.25, 0.3) is 0 Å². The number of rotatable bonds is 4. The molecule has 19 heavy (non-hydrogen) atoms. The highest BCUT2D eigenvalue weighted by atomic mass is 35.5. The van der Waals surface area contributed by atoms with Crippen molar-refractivity contribution in [2.45, 2.75) is 20.0 Å². The number of nitrogens with one attached hydrogen (secondary N) is 1. The van der Waals surface area contributed by atoms with Gasteiger partial charge in [-0.2, -0.15) is 0 Å². The minimum absolute atomic E-state index is 0.0728. The van der Waals surface area contributed by atoms with Crippen LogP contribution in [0.5, 0.6) is 5.88 Å². The van der Waals surface area contributed by atoms with Gasteiger partial charge in [0.05, 0.1) is 11.1 Å². The third kappa shape index (κ3) is 3.45. The van der Waals surface area contributed by atoms with E-state index in [1.54, 1.807) is 6.07 Å². The molecule has 0 aliphatic carbocycles. The molecule has 100 valence electrons. The van der Waals surface area contributed by atoms with E-state index in [1.807, 2.05) is 13.8 Å². The monoisotopic (exact) mass is 281 g/mol. The molecule has 0 saturated heterocycles. The molecule has 0 bridgehead atoms. The van der Waals surface area contributed by atoms with E-state index < -0.39 is 5.91 Å². The third-order valence-electron chi connectivity index (χ3n) is 2.08. The fraction of sp³-hybridized carbons (Fsp3) is 0.250. The molecule has 0 spiro atoms. The number of hydrogen-bond acceptors (Lipinski definition) is 5. The van der Waals surface area contributed by atoms with E-state index in [0.717, 1.165) is 0 Å². The van der Waals surface area contributed by atoms with Crippen LogP contribution < -0.4 is 10.1 Å². The van der Waals surface area contributed by atoms with Gasteiger partial charge >= 0.3 is 0 Å². The summed E-state index contributed by atoms with van der Waals surface area (Å²) in [5, 5.41) is 3.02. The molecule has 2 aromatic rings. The van der Waals surface area contributed by atoms with Crippen molar-refractivity contribution in [3.8, 4) is 5.88 Å². The van der Waals surface area contributed by atoms with Crippen LogP contribution in [0.3, 0.4) is 0 Å². The summed E-state index contributed by atoms with van der Waals surface area (Å²) >= 11 is 5.86. The molecular weight excluding hydrogens is 270 g/mol. The minimum Gasteiger partial charge on any atom is -0.473 e. The Bertz CT molecular complexity index is 570. The predicted molar refractivity (Wildman–Crippen MR) is 69.5 cm³/mol. The number of pyridine rings is 1. The fourth-order valence-electron chi connectivity index (χ4n) is 1.34. The van der Waals surface area contributed by atoms with Gasteiger partial charge < -0.3 is 14.5 Å². The first-order chi connectivity index (χ1) is 9.06. The Labute approximate surface area is 114 Å². The topological polar surface area (TPSA) is 77.2 Å². The Morgan fingerprint density at radius 2 is 2.26 bits per heavy atom. The number of aromatic nitrogens is 2. The summed E-state index contributed by atoms with van der Waals surface area (Å²) in [7, 11) is 0. The van der Waals surface area contributed by atoms with E-state index in [9.17, 15) is 4.79 Å². The van der Waals surface area contributed by atoms with Gasteiger partial charge in [0.25, 0.3) is 5.91 Å². The van der Waals surface area contributed by atoms with Gasteiger partial charge in [0.2, 0.25) is 5.88 Å². The average Bonchev–Trinajstić information content (AvgIpc) is 2.86. The van der Waals surface area contributed by atoms with Crippen molar-refractivity contribution < 1.29 is 13.9 Å². The SMILES string of the molecule is CC(C)Oc1ncc(Cl)cc1NC(=O)c1cocn1. The van der Waals surface area contributed by atoms with Crippen LogP contribution in [-0.4, -0.2) is 22.0 Å². The molecule has 2 rings (SSSR count). The number of anilines is 1. The molecule has 1 N–H and O–H groups in total. The summed E-state index contributed by atoms with van der Waals surface area (Å²) in [5.74, 6) is -0.123. The Morgan fingerprint density at radius 3 is 2.89 bits per heavy atom. The van der Waals surface area contributed by atoms with Crippen LogP contribution in [0.1, 0.15) is 24.3 Å². The Hall–Kier alpha value is -2.08. The zero-order chi connectivity index (χ0) is 13.8. The van der Waals surface area contributed by atoms with Crippen LogP contribution in [0.2, 0.25) is 5.02 Å². The van der Waals surface area contributed by atoms with Gasteiger partial charge in [-0.05, 0) is 19.9 Å². The molecule has 0 radical (unpaired) electrons. The van der Waals surface area contributed by atoms with Crippen LogP contribution in [0.15, 0.2) is 29.3 Å². The summed E-state index contributed by atoms with van der Waals surface area (Å²) in [6.45, 7) is 3.72. The fourth-order valence-corrected chi connectivity index (χ4v) is 1.50. The number of amides is 1. The lowest BCUT2D eigenvalue weighted by Gasteiger charge is -2.13. The van der Waals surface area contributed by atoms with Crippen molar-refractivity contribution in [3.05, 3.63) is 35.6 Å². The molecular formula is C12H12ClN3O3. The Balaban J connectivity index is 2.23. The lowest BCUT2D eigenvalue weighted by Crippen LogP contribution is -2.15. The van der Waals surface area contributed by atoms with Crippen LogP contribution in [0.4, 0.5) is 5.69 Å². The summed E-state index contributed by atoms with van der Waals surface area (Å²) < 4.78 is 10.2. The maximum Gasteiger partial charge on any atom is 0.277 e. The van der Waals surface area contributed by atoms with E-state index in [1.165, 1.54) is 18.9 Å². The number of carbonyl (C=O) groups excluding carboxylic acids is 1. The normalized spacial score (nSPS) is 10.5. The Kier molecular flexibility index (Phi) is 4.01. The van der Waals surface area contributed by atoms with Crippen LogP contribution in [0, 0.1) is 0 Å². The second-order valence-corrected chi connectivity index (χ2v) is 4.44. The van der Waals surface area contributed by atoms with Crippen molar-refractivity contribution >= 4 is 23.2 Å². The molecule has 0 saturated carbocycles. The summed E-state index contributed by atoms with van der Waals surface area (Å²) in [5.41, 5.74) is 0.546. The standard InChI is InChI=1S/C12H12ClN3O3/c1-7(2)19-12-9(3-8(13)4-14-12)16-11(17)10-5-18-6-15-10/h3-7H,1-2H3,(H,16,17). The highest BCUT2D eigenvalue weighted by molar-refractivity contribution is 6.30. The van der Waals surface area contributed by atoms with Crippen molar-refractivity contribution in [1.82, 2.24) is 9.97 Å². The molecule has 7 heteroatoms. The number of halogens is 1. The molecule has 0 atom stereocenters. The highest BCUT2D eigenvalue weighted by Crippen LogP contribution is 2.26. The molecule has 1 amide bonds. The van der Waals surface area contributed by atoms with Crippen molar-refractivity contribution in [2.75, 3.05) is 5.32 Å². The molecule has 0 aromatic carbocycles. The van der Waals surface area contributed by atoms with Gasteiger partial charge in [0.15, 0.2) is 12.1 Å². The van der Waals surface area contributed by atoms with E-state index in [4.69, 9.17) is 20.8 Å². The number of oxazole rings is 1. The summed E-state index contributed by atoms with van der Waals surface area (Å²) in [6.07, 6.45) is 3.80. The number of carbonyl (C=O) groups is 1. The zero-order valence-corrected chi connectivity index (χ0v) is 11.1. The molecule has 0 fully saturated rings. The molecule has 0 aliphatic rings. The summed E-state index contributed by atoms with van der Waals surface area (Å²) in [6, 6.07) is 1.56. The highest BCUT2D eigenvalue weighted by Gasteiger charge is 2.14. The second-order valence-electron chi connectivity index (χ2n) is 4.00. The van der Waals surface area contributed by atoms with Crippen molar-refractivity contribution in [2.24, 2.45) is 0 Å².